The highest BCUT2D eigenvalue weighted by Crippen LogP contribution is 2.53. The van der Waals surface area contributed by atoms with Crippen LogP contribution in [0.5, 0.6) is 5.75 Å². The number of aryl methyl sites for hydroxylation is 1. The van der Waals surface area contributed by atoms with Crippen LogP contribution in [0.4, 0.5) is 0 Å². The van der Waals surface area contributed by atoms with Crippen molar-refractivity contribution in [1.29, 1.82) is 0 Å². The van der Waals surface area contributed by atoms with Crippen LogP contribution in [0.1, 0.15) is 29.5 Å². The molecular weight excluding hydrogens is 270 g/mol. The second-order valence-electron chi connectivity index (χ2n) is 4.26. The van der Waals surface area contributed by atoms with E-state index in [4.69, 9.17) is 0 Å². The molecule has 1 aliphatic carbocycles. The van der Waals surface area contributed by atoms with Crippen molar-refractivity contribution in [2.45, 2.75) is 32.2 Å². The first-order valence-corrected chi connectivity index (χ1v) is 5.89. The summed E-state index contributed by atoms with van der Waals surface area (Å²) in [5.41, 5.74) is 2.58. The molecule has 1 N–H and O–H groups in total. The number of hydrogen-bond donors (Lipinski definition) is 1. The molecule has 84 valence electrons. The second kappa shape index (κ2) is 3.72. The molecule has 0 aromatic heterocycles. The Morgan fingerprint density at radius 1 is 1.50 bits per heavy atom. The fourth-order valence-corrected chi connectivity index (χ4v) is 2.59. The van der Waals surface area contributed by atoms with E-state index in [1.54, 1.807) is 12.1 Å². The normalized spacial score (nSPS) is 16.7. The van der Waals surface area contributed by atoms with Gasteiger partial charge in [0, 0.05) is 0 Å². The van der Waals surface area contributed by atoms with E-state index in [0.717, 1.165) is 29.5 Å². The summed E-state index contributed by atoms with van der Waals surface area (Å²) >= 11 is 3.35. The van der Waals surface area contributed by atoms with Crippen molar-refractivity contribution >= 4 is 22.0 Å². The van der Waals surface area contributed by atoms with E-state index in [9.17, 15) is 9.90 Å². The molecule has 0 atom stereocenters. The highest BCUT2D eigenvalue weighted by Gasteiger charge is 2.47. The van der Waals surface area contributed by atoms with Crippen molar-refractivity contribution in [2.75, 3.05) is 0 Å². The first kappa shape index (κ1) is 11.4. The Hall–Kier alpha value is -1.12. The van der Waals surface area contributed by atoms with Gasteiger partial charge in [-0.3, -0.25) is 0 Å². The van der Waals surface area contributed by atoms with E-state index in [0.29, 0.717) is 4.47 Å². The zero-order valence-electron chi connectivity index (χ0n) is 9.17. The van der Waals surface area contributed by atoms with Crippen LogP contribution < -0.4 is 0 Å². The zero-order valence-corrected chi connectivity index (χ0v) is 10.8. The Balaban J connectivity index is 2.66. The molecule has 0 saturated heterocycles. The van der Waals surface area contributed by atoms with E-state index in [1.165, 1.54) is 0 Å². The summed E-state index contributed by atoms with van der Waals surface area (Å²) in [7, 11) is 0. The first-order valence-electron chi connectivity index (χ1n) is 5.10. The van der Waals surface area contributed by atoms with Gasteiger partial charge in [-0.15, -0.1) is 0 Å². The van der Waals surface area contributed by atoms with Gasteiger partial charge in [-0.05, 0) is 65.4 Å². The lowest BCUT2D eigenvalue weighted by atomic mass is 9.94. The summed E-state index contributed by atoms with van der Waals surface area (Å²) in [5.74, 6) is 0.227. The number of carbonyl (C=O) groups excluding carboxylic acids is 1. The molecule has 4 heteroatoms. The number of phenolic OH excluding ortho intramolecular Hbond substituents is 1. The summed E-state index contributed by atoms with van der Waals surface area (Å²) in [4.78, 5) is 14.4. The SMILES string of the molecule is Cc1cc(O)c(Br)c(C)c1C1(N=C=O)CC1. The predicted octanol–water partition coefficient (Wildman–Crippen LogP) is 3.10. The van der Waals surface area contributed by atoms with Gasteiger partial charge in [0.15, 0.2) is 0 Å². The van der Waals surface area contributed by atoms with Gasteiger partial charge >= 0.3 is 0 Å². The van der Waals surface area contributed by atoms with Gasteiger partial charge in [0.2, 0.25) is 6.08 Å². The van der Waals surface area contributed by atoms with Gasteiger partial charge in [-0.2, -0.15) is 4.99 Å². The molecule has 0 bridgehead atoms. The third kappa shape index (κ3) is 1.58. The number of aliphatic imine (C=N–C) groups is 1. The molecule has 3 nitrogen and oxygen atoms in total. The third-order valence-electron chi connectivity index (χ3n) is 3.13. The number of halogens is 1. The topological polar surface area (TPSA) is 49.7 Å². The zero-order chi connectivity index (χ0) is 11.9. The van der Waals surface area contributed by atoms with Gasteiger partial charge in [0.1, 0.15) is 5.75 Å². The van der Waals surface area contributed by atoms with Gasteiger partial charge in [0.25, 0.3) is 0 Å². The summed E-state index contributed by atoms with van der Waals surface area (Å²) in [6.07, 6.45) is 3.41. The minimum atomic E-state index is -0.383. The maximum atomic E-state index is 10.5. The van der Waals surface area contributed by atoms with Crippen molar-refractivity contribution in [3.05, 3.63) is 27.2 Å². The number of nitrogens with zero attached hydrogens (tertiary/aromatic N) is 1. The smallest absolute Gasteiger partial charge is 0.235 e. The predicted molar refractivity (Wildman–Crippen MR) is 64.3 cm³/mol. The number of rotatable bonds is 2. The van der Waals surface area contributed by atoms with Gasteiger partial charge in [-0.25, -0.2) is 4.79 Å². The van der Waals surface area contributed by atoms with Crippen LogP contribution in [0.25, 0.3) is 0 Å². The fraction of sp³-hybridized carbons (Fsp3) is 0.417. The highest BCUT2D eigenvalue weighted by molar-refractivity contribution is 9.10. The lowest BCUT2D eigenvalue weighted by Crippen LogP contribution is -2.08. The minimum absolute atomic E-state index is 0.227. The van der Waals surface area contributed by atoms with Crippen molar-refractivity contribution in [3.63, 3.8) is 0 Å². The molecule has 0 amide bonds. The van der Waals surface area contributed by atoms with E-state index in [1.807, 2.05) is 13.8 Å². The summed E-state index contributed by atoms with van der Waals surface area (Å²) < 4.78 is 0.681. The number of phenols is 1. The number of isocyanates is 1. The Bertz CT molecular complexity index is 500. The van der Waals surface area contributed by atoms with Gasteiger partial charge in [-0.1, -0.05) is 0 Å². The Morgan fingerprint density at radius 2 is 2.12 bits per heavy atom. The van der Waals surface area contributed by atoms with E-state index < -0.39 is 0 Å². The Kier molecular flexibility index (Phi) is 2.64. The Morgan fingerprint density at radius 3 is 2.62 bits per heavy atom. The first-order chi connectivity index (χ1) is 7.52. The van der Waals surface area contributed by atoms with Crippen LogP contribution in [0.2, 0.25) is 0 Å². The van der Waals surface area contributed by atoms with Crippen molar-refractivity contribution in [2.24, 2.45) is 4.99 Å². The van der Waals surface area contributed by atoms with Crippen molar-refractivity contribution in [1.82, 2.24) is 0 Å². The van der Waals surface area contributed by atoms with Crippen LogP contribution in [-0.4, -0.2) is 11.2 Å². The van der Waals surface area contributed by atoms with Gasteiger partial charge < -0.3 is 5.11 Å². The Labute approximate surface area is 102 Å². The summed E-state index contributed by atoms with van der Waals surface area (Å²) in [6.45, 7) is 3.85. The average Bonchev–Trinajstić information content (AvgIpc) is 2.96. The molecule has 1 saturated carbocycles. The molecule has 1 aliphatic rings. The van der Waals surface area contributed by atoms with Crippen molar-refractivity contribution in [3.8, 4) is 5.75 Å². The molecule has 1 aromatic carbocycles. The molecule has 2 rings (SSSR count). The van der Waals surface area contributed by atoms with Crippen LogP contribution >= 0.6 is 15.9 Å². The monoisotopic (exact) mass is 281 g/mol. The van der Waals surface area contributed by atoms with E-state index in [2.05, 4.69) is 20.9 Å². The molecule has 0 radical (unpaired) electrons. The summed E-state index contributed by atoms with van der Waals surface area (Å²) in [5, 5.41) is 9.67. The highest BCUT2D eigenvalue weighted by atomic mass is 79.9. The second-order valence-corrected chi connectivity index (χ2v) is 5.05. The standard InChI is InChI=1S/C12H12BrNO2/c1-7-5-9(16)11(13)8(2)10(7)12(3-4-12)14-6-15/h5,16H,3-4H2,1-2H3. The fourth-order valence-electron chi connectivity index (χ4n) is 2.28. The third-order valence-corrected chi connectivity index (χ3v) is 4.13. The molecule has 1 aromatic rings. The van der Waals surface area contributed by atoms with Crippen LogP contribution in [0, 0.1) is 13.8 Å². The maximum Gasteiger partial charge on any atom is 0.235 e. The van der Waals surface area contributed by atoms with Crippen LogP contribution in [0.3, 0.4) is 0 Å². The maximum absolute atomic E-state index is 10.5. The molecule has 16 heavy (non-hydrogen) atoms. The van der Waals surface area contributed by atoms with E-state index >= 15 is 0 Å². The number of benzene rings is 1. The summed E-state index contributed by atoms with van der Waals surface area (Å²) in [6, 6.07) is 1.70. The molecule has 0 aliphatic heterocycles. The minimum Gasteiger partial charge on any atom is -0.507 e. The van der Waals surface area contributed by atoms with Crippen molar-refractivity contribution < 1.29 is 9.90 Å². The molecule has 0 heterocycles. The molecule has 0 spiro atoms. The number of hydrogen-bond acceptors (Lipinski definition) is 3. The number of aromatic hydroxyl groups is 1. The van der Waals surface area contributed by atoms with Gasteiger partial charge in [0.05, 0.1) is 10.0 Å². The lowest BCUT2D eigenvalue weighted by Gasteiger charge is -2.17. The molecule has 1 fully saturated rings. The van der Waals surface area contributed by atoms with E-state index in [-0.39, 0.29) is 11.3 Å². The largest absolute Gasteiger partial charge is 0.507 e. The lowest BCUT2D eigenvalue weighted by molar-refractivity contribution is 0.470. The van der Waals surface area contributed by atoms with Crippen LogP contribution in [0.15, 0.2) is 15.5 Å². The molecular formula is C12H12BrNO2. The quantitative estimate of drug-likeness (QED) is 0.669. The average molecular weight is 282 g/mol. The van der Waals surface area contributed by atoms with Crippen LogP contribution in [-0.2, 0) is 10.3 Å². The molecule has 0 unspecified atom stereocenters.